The Balaban J connectivity index is 2.55. The van der Waals surface area contributed by atoms with E-state index in [2.05, 4.69) is 5.32 Å². The smallest absolute Gasteiger partial charge is 0.408 e. The molecular weight excluding hydrogens is 258 g/mol. The third-order valence-corrected chi connectivity index (χ3v) is 2.47. The molecule has 5 heteroatoms. The lowest BCUT2D eigenvalue weighted by molar-refractivity contribution is 0.0508. The monoisotopic (exact) mass is 281 g/mol. The van der Waals surface area contributed by atoms with E-state index in [9.17, 15) is 4.79 Å². The van der Waals surface area contributed by atoms with Gasteiger partial charge in [-0.15, -0.1) is 0 Å². The van der Waals surface area contributed by atoms with Crippen molar-refractivity contribution in [1.82, 2.24) is 5.32 Å². The lowest BCUT2D eigenvalue weighted by atomic mass is 10.1. The molecule has 1 amide bonds. The molecule has 1 rings (SSSR count). The van der Waals surface area contributed by atoms with Gasteiger partial charge in [-0.1, -0.05) is 12.1 Å². The van der Waals surface area contributed by atoms with Gasteiger partial charge >= 0.3 is 6.09 Å². The van der Waals surface area contributed by atoms with Crippen LogP contribution in [0.1, 0.15) is 39.3 Å². The minimum absolute atomic E-state index is 0.0155. The molecule has 0 spiro atoms. The maximum Gasteiger partial charge on any atom is 0.408 e. The zero-order valence-corrected chi connectivity index (χ0v) is 12.5. The number of carbonyl (C=O) groups is 1. The van der Waals surface area contributed by atoms with Gasteiger partial charge < -0.3 is 19.9 Å². The largest absolute Gasteiger partial charge is 0.491 e. The molecule has 0 fully saturated rings. The van der Waals surface area contributed by atoms with E-state index in [0.717, 1.165) is 5.56 Å². The van der Waals surface area contributed by atoms with Crippen molar-refractivity contribution >= 4 is 6.09 Å². The SMILES string of the molecule is C[C@@H](NC(=O)OC(C)(C)C)c1ccc(OCCO)cc1. The van der Waals surface area contributed by atoms with Crippen LogP contribution in [0, 0.1) is 0 Å². The summed E-state index contributed by atoms with van der Waals surface area (Å²) in [6, 6.07) is 7.19. The van der Waals surface area contributed by atoms with Crippen LogP contribution in [0.2, 0.25) is 0 Å². The summed E-state index contributed by atoms with van der Waals surface area (Å²) in [6.07, 6.45) is -0.439. The van der Waals surface area contributed by atoms with Gasteiger partial charge in [0.15, 0.2) is 0 Å². The molecule has 0 saturated heterocycles. The average Bonchev–Trinajstić information content (AvgIpc) is 2.34. The number of aliphatic hydroxyl groups is 1. The third kappa shape index (κ3) is 5.93. The summed E-state index contributed by atoms with van der Waals surface area (Å²) in [6.45, 7) is 7.61. The first kappa shape index (κ1) is 16.3. The van der Waals surface area contributed by atoms with Gasteiger partial charge in [-0.05, 0) is 45.4 Å². The highest BCUT2D eigenvalue weighted by Gasteiger charge is 2.18. The zero-order valence-electron chi connectivity index (χ0n) is 12.5. The fourth-order valence-corrected chi connectivity index (χ4v) is 1.58. The molecule has 0 unspecified atom stereocenters. The minimum Gasteiger partial charge on any atom is -0.491 e. The number of aliphatic hydroxyl groups excluding tert-OH is 1. The molecule has 1 aromatic rings. The quantitative estimate of drug-likeness (QED) is 0.870. The summed E-state index contributed by atoms with van der Waals surface area (Å²) in [5.74, 6) is 0.687. The summed E-state index contributed by atoms with van der Waals surface area (Å²) in [7, 11) is 0. The first-order valence-corrected chi connectivity index (χ1v) is 6.65. The van der Waals surface area contributed by atoms with Crippen LogP contribution >= 0.6 is 0 Å². The number of alkyl carbamates (subject to hydrolysis) is 1. The Morgan fingerprint density at radius 1 is 1.30 bits per heavy atom. The van der Waals surface area contributed by atoms with Gasteiger partial charge in [0, 0.05) is 0 Å². The molecule has 0 saturated carbocycles. The van der Waals surface area contributed by atoms with Crippen LogP contribution in [-0.4, -0.2) is 30.0 Å². The van der Waals surface area contributed by atoms with Crippen LogP contribution in [-0.2, 0) is 4.74 Å². The molecule has 0 aliphatic rings. The van der Waals surface area contributed by atoms with Crippen molar-refractivity contribution in [3.63, 3.8) is 0 Å². The van der Waals surface area contributed by atoms with Crippen molar-refractivity contribution < 1.29 is 19.4 Å². The van der Waals surface area contributed by atoms with E-state index >= 15 is 0 Å². The predicted molar refractivity (Wildman–Crippen MR) is 76.8 cm³/mol. The summed E-state index contributed by atoms with van der Waals surface area (Å²) < 4.78 is 10.5. The maximum absolute atomic E-state index is 11.7. The van der Waals surface area contributed by atoms with E-state index in [1.807, 2.05) is 39.8 Å². The number of benzene rings is 1. The van der Waals surface area contributed by atoms with Gasteiger partial charge in [0.2, 0.25) is 0 Å². The fraction of sp³-hybridized carbons (Fsp3) is 0.533. The minimum atomic E-state index is -0.508. The van der Waals surface area contributed by atoms with Crippen molar-refractivity contribution in [3.8, 4) is 5.75 Å². The van der Waals surface area contributed by atoms with Crippen LogP contribution in [0.3, 0.4) is 0 Å². The summed E-state index contributed by atoms with van der Waals surface area (Å²) >= 11 is 0. The second-order valence-corrected chi connectivity index (χ2v) is 5.51. The third-order valence-electron chi connectivity index (χ3n) is 2.47. The maximum atomic E-state index is 11.7. The fourth-order valence-electron chi connectivity index (χ4n) is 1.58. The molecule has 0 bridgehead atoms. The number of carbonyl (C=O) groups excluding carboxylic acids is 1. The number of nitrogens with one attached hydrogen (secondary N) is 1. The van der Waals surface area contributed by atoms with Crippen molar-refractivity contribution in [1.29, 1.82) is 0 Å². The van der Waals surface area contributed by atoms with Crippen LogP contribution < -0.4 is 10.1 Å². The molecule has 1 atom stereocenters. The van der Waals surface area contributed by atoms with E-state index in [4.69, 9.17) is 14.6 Å². The second-order valence-electron chi connectivity index (χ2n) is 5.51. The number of amides is 1. The topological polar surface area (TPSA) is 67.8 Å². The van der Waals surface area contributed by atoms with Gasteiger partial charge in [-0.2, -0.15) is 0 Å². The van der Waals surface area contributed by atoms with Crippen LogP contribution in [0.4, 0.5) is 4.79 Å². The van der Waals surface area contributed by atoms with E-state index in [1.165, 1.54) is 0 Å². The Bertz CT molecular complexity index is 422. The second kappa shape index (κ2) is 7.14. The Hall–Kier alpha value is -1.75. The highest BCUT2D eigenvalue weighted by molar-refractivity contribution is 5.68. The van der Waals surface area contributed by atoms with Crippen molar-refractivity contribution in [2.45, 2.75) is 39.3 Å². The van der Waals surface area contributed by atoms with Gasteiger partial charge in [0.1, 0.15) is 18.0 Å². The Morgan fingerprint density at radius 3 is 2.40 bits per heavy atom. The highest BCUT2D eigenvalue weighted by Crippen LogP contribution is 2.18. The molecule has 5 nitrogen and oxygen atoms in total. The number of rotatable bonds is 5. The molecule has 112 valence electrons. The van der Waals surface area contributed by atoms with Gasteiger partial charge in [-0.3, -0.25) is 0 Å². The number of ether oxygens (including phenoxy) is 2. The standard InChI is InChI=1S/C15H23NO4/c1-11(16-14(18)20-15(2,3)4)12-5-7-13(8-6-12)19-10-9-17/h5-8,11,17H,9-10H2,1-4H3,(H,16,18)/t11-/m1/s1. The van der Waals surface area contributed by atoms with Gasteiger partial charge in [-0.25, -0.2) is 4.79 Å². The molecule has 0 aliphatic heterocycles. The normalized spacial score (nSPS) is 12.7. The van der Waals surface area contributed by atoms with Crippen molar-refractivity contribution in [2.24, 2.45) is 0 Å². The Morgan fingerprint density at radius 2 is 1.90 bits per heavy atom. The predicted octanol–water partition coefficient (Wildman–Crippen LogP) is 2.64. The molecule has 0 aromatic heterocycles. The lowest BCUT2D eigenvalue weighted by Gasteiger charge is -2.22. The summed E-state index contributed by atoms with van der Waals surface area (Å²) in [5, 5.41) is 11.4. The Labute approximate surface area is 119 Å². The van der Waals surface area contributed by atoms with Crippen molar-refractivity contribution in [2.75, 3.05) is 13.2 Å². The summed E-state index contributed by atoms with van der Waals surface area (Å²) in [5.41, 5.74) is 0.443. The molecule has 20 heavy (non-hydrogen) atoms. The molecule has 1 aromatic carbocycles. The van der Waals surface area contributed by atoms with Crippen LogP contribution in [0.25, 0.3) is 0 Å². The zero-order chi connectivity index (χ0) is 15.2. The first-order chi connectivity index (χ1) is 9.31. The van der Waals surface area contributed by atoms with E-state index in [0.29, 0.717) is 5.75 Å². The molecular formula is C15H23NO4. The molecule has 2 N–H and O–H groups in total. The molecule has 0 aliphatic carbocycles. The van der Waals surface area contributed by atoms with Crippen LogP contribution in [0.15, 0.2) is 24.3 Å². The molecule has 0 radical (unpaired) electrons. The number of hydrogen-bond donors (Lipinski definition) is 2. The van der Waals surface area contributed by atoms with E-state index in [-0.39, 0.29) is 19.3 Å². The molecule has 0 heterocycles. The summed E-state index contributed by atoms with van der Waals surface area (Å²) in [4.78, 5) is 11.7. The van der Waals surface area contributed by atoms with Crippen molar-refractivity contribution in [3.05, 3.63) is 29.8 Å². The number of hydrogen-bond acceptors (Lipinski definition) is 4. The highest BCUT2D eigenvalue weighted by atomic mass is 16.6. The van der Waals surface area contributed by atoms with Gasteiger partial charge in [0.05, 0.1) is 12.6 Å². The first-order valence-electron chi connectivity index (χ1n) is 6.65. The van der Waals surface area contributed by atoms with E-state index in [1.54, 1.807) is 12.1 Å². The Kier molecular flexibility index (Phi) is 5.82. The lowest BCUT2D eigenvalue weighted by Crippen LogP contribution is -2.34. The van der Waals surface area contributed by atoms with Gasteiger partial charge in [0.25, 0.3) is 0 Å². The van der Waals surface area contributed by atoms with Crippen LogP contribution in [0.5, 0.6) is 5.75 Å². The average molecular weight is 281 g/mol. The van der Waals surface area contributed by atoms with E-state index < -0.39 is 11.7 Å².